The Balaban J connectivity index is 1.79. The summed E-state index contributed by atoms with van der Waals surface area (Å²) in [5.74, 6) is 0.0899. The Kier molecular flexibility index (Phi) is 4.70. The van der Waals surface area contributed by atoms with Crippen molar-refractivity contribution in [2.24, 2.45) is 0 Å². The fraction of sp³-hybridized carbons (Fsp3) is 0.562. The molecule has 2 heterocycles. The molecular formula is C16H22N2O4S. The van der Waals surface area contributed by atoms with E-state index >= 15 is 0 Å². The minimum atomic E-state index is -3.55. The quantitative estimate of drug-likeness (QED) is 0.881. The highest BCUT2D eigenvalue weighted by Crippen LogP contribution is 2.29. The highest BCUT2D eigenvalue weighted by Gasteiger charge is 2.25. The van der Waals surface area contributed by atoms with Crippen molar-refractivity contribution in [3.8, 4) is 0 Å². The SMILES string of the molecule is CCN1C(=O)CCc2cc(S(=O)(=O)NC[C@@H]3CCCO3)ccc21. The van der Waals surface area contributed by atoms with Crippen molar-refractivity contribution in [1.29, 1.82) is 0 Å². The number of rotatable bonds is 5. The number of sulfonamides is 1. The summed E-state index contributed by atoms with van der Waals surface area (Å²) in [7, 11) is -3.55. The summed E-state index contributed by atoms with van der Waals surface area (Å²) in [6, 6.07) is 4.98. The number of fused-ring (bicyclic) bond motifs is 1. The molecule has 1 aromatic rings. The minimum absolute atomic E-state index is 0.0318. The summed E-state index contributed by atoms with van der Waals surface area (Å²) in [5.41, 5.74) is 1.73. The molecule has 0 spiro atoms. The average Bonchev–Trinajstić information content (AvgIpc) is 3.06. The van der Waals surface area contributed by atoms with E-state index in [1.54, 1.807) is 23.1 Å². The van der Waals surface area contributed by atoms with Crippen molar-refractivity contribution in [3.05, 3.63) is 23.8 Å². The molecule has 3 rings (SSSR count). The van der Waals surface area contributed by atoms with Gasteiger partial charge in [0.25, 0.3) is 0 Å². The smallest absolute Gasteiger partial charge is 0.240 e. The maximum absolute atomic E-state index is 12.4. The summed E-state index contributed by atoms with van der Waals surface area (Å²) in [6.07, 6.45) is 2.84. The van der Waals surface area contributed by atoms with Crippen LogP contribution < -0.4 is 9.62 Å². The normalized spacial score (nSPS) is 21.5. The number of nitrogens with zero attached hydrogens (tertiary/aromatic N) is 1. The van der Waals surface area contributed by atoms with Gasteiger partial charge in [-0.15, -0.1) is 0 Å². The Bertz CT molecular complexity index is 696. The van der Waals surface area contributed by atoms with Crippen LogP contribution in [0.5, 0.6) is 0 Å². The molecule has 0 unspecified atom stereocenters. The summed E-state index contributed by atoms with van der Waals surface area (Å²) in [6.45, 7) is 3.51. The fourth-order valence-corrected chi connectivity index (χ4v) is 4.26. The van der Waals surface area contributed by atoms with Crippen LogP contribution in [-0.4, -0.2) is 40.1 Å². The van der Waals surface area contributed by atoms with E-state index in [-0.39, 0.29) is 16.9 Å². The summed E-state index contributed by atoms with van der Waals surface area (Å²) < 4.78 is 33.0. The second-order valence-corrected chi connectivity index (χ2v) is 7.68. The lowest BCUT2D eigenvalue weighted by Crippen LogP contribution is -2.35. The number of hydrogen-bond acceptors (Lipinski definition) is 4. The molecule has 2 aliphatic heterocycles. The van der Waals surface area contributed by atoms with Crippen molar-refractivity contribution in [2.75, 3.05) is 24.6 Å². The number of benzene rings is 1. The first kappa shape index (κ1) is 16.4. The first-order valence-corrected chi connectivity index (χ1v) is 9.54. The van der Waals surface area contributed by atoms with Crippen LogP contribution in [0.3, 0.4) is 0 Å². The molecule has 2 aliphatic rings. The summed E-state index contributed by atoms with van der Waals surface area (Å²) in [5, 5.41) is 0. The number of anilines is 1. The van der Waals surface area contributed by atoms with Crippen LogP contribution in [0.4, 0.5) is 5.69 Å². The summed E-state index contributed by atoms with van der Waals surface area (Å²) in [4.78, 5) is 13.9. The van der Waals surface area contributed by atoms with Crippen LogP contribution in [-0.2, 0) is 26.0 Å². The van der Waals surface area contributed by atoms with E-state index in [0.29, 0.717) is 32.5 Å². The predicted octanol–water partition coefficient (Wildman–Crippen LogP) is 1.44. The molecule has 23 heavy (non-hydrogen) atoms. The molecule has 0 aromatic heterocycles. The number of carbonyl (C=O) groups excluding carboxylic acids is 1. The Labute approximate surface area is 136 Å². The Hall–Kier alpha value is -1.44. The zero-order chi connectivity index (χ0) is 16.4. The van der Waals surface area contributed by atoms with Crippen LogP contribution in [0.15, 0.2) is 23.1 Å². The van der Waals surface area contributed by atoms with Gasteiger partial charge in [0, 0.05) is 31.8 Å². The molecule has 0 bridgehead atoms. The molecule has 1 saturated heterocycles. The van der Waals surface area contributed by atoms with Gasteiger partial charge < -0.3 is 9.64 Å². The number of amides is 1. The number of nitrogens with one attached hydrogen (secondary N) is 1. The van der Waals surface area contributed by atoms with Gasteiger partial charge >= 0.3 is 0 Å². The molecule has 1 N–H and O–H groups in total. The lowest BCUT2D eigenvalue weighted by molar-refractivity contribution is -0.118. The second kappa shape index (κ2) is 6.59. The third-order valence-electron chi connectivity index (χ3n) is 4.40. The van der Waals surface area contributed by atoms with Gasteiger partial charge in [-0.3, -0.25) is 4.79 Å². The van der Waals surface area contributed by atoms with Crippen LogP contribution in [0.2, 0.25) is 0 Å². The standard InChI is InChI=1S/C16H22N2O4S/c1-2-18-15-7-6-14(10-12(15)5-8-16(18)19)23(20,21)17-11-13-4-3-9-22-13/h6-7,10,13,17H,2-5,8-9,11H2,1H3/t13-/m0/s1. The van der Waals surface area contributed by atoms with E-state index in [2.05, 4.69) is 4.72 Å². The molecule has 7 heteroatoms. The number of aryl methyl sites for hydroxylation is 1. The monoisotopic (exact) mass is 338 g/mol. The molecule has 126 valence electrons. The van der Waals surface area contributed by atoms with Crippen molar-refractivity contribution in [3.63, 3.8) is 0 Å². The third-order valence-corrected chi connectivity index (χ3v) is 5.82. The zero-order valence-electron chi connectivity index (χ0n) is 13.2. The van der Waals surface area contributed by atoms with E-state index in [9.17, 15) is 13.2 Å². The van der Waals surface area contributed by atoms with Crippen LogP contribution in [0, 0.1) is 0 Å². The van der Waals surface area contributed by atoms with E-state index in [1.807, 2.05) is 6.92 Å². The fourth-order valence-electron chi connectivity index (χ4n) is 3.14. The van der Waals surface area contributed by atoms with E-state index in [0.717, 1.165) is 24.1 Å². The van der Waals surface area contributed by atoms with Gasteiger partial charge in [0.1, 0.15) is 0 Å². The van der Waals surface area contributed by atoms with Gasteiger partial charge in [-0.2, -0.15) is 0 Å². The van der Waals surface area contributed by atoms with Crippen molar-refractivity contribution < 1.29 is 17.9 Å². The number of hydrogen-bond donors (Lipinski definition) is 1. The van der Waals surface area contributed by atoms with Crippen molar-refractivity contribution >= 4 is 21.6 Å². The second-order valence-electron chi connectivity index (χ2n) is 5.92. The van der Waals surface area contributed by atoms with E-state index in [4.69, 9.17) is 4.74 Å². The predicted molar refractivity (Wildman–Crippen MR) is 87.0 cm³/mol. The average molecular weight is 338 g/mol. The highest BCUT2D eigenvalue weighted by molar-refractivity contribution is 7.89. The molecule has 1 fully saturated rings. The molecule has 1 aromatic carbocycles. The van der Waals surface area contributed by atoms with Crippen molar-refractivity contribution in [1.82, 2.24) is 4.72 Å². The van der Waals surface area contributed by atoms with Gasteiger partial charge in [0.15, 0.2) is 0 Å². The van der Waals surface area contributed by atoms with E-state index in [1.165, 1.54) is 0 Å². The Morgan fingerprint density at radius 1 is 1.35 bits per heavy atom. The molecule has 1 atom stereocenters. The van der Waals surface area contributed by atoms with Crippen LogP contribution >= 0.6 is 0 Å². The minimum Gasteiger partial charge on any atom is -0.377 e. The molecule has 0 saturated carbocycles. The van der Waals surface area contributed by atoms with E-state index < -0.39 is 10.0 Å². The molecule has 0 radical (unpaired) electrons. The molecule has 1 amide bonds. The maximum Gasteiger partial charge on any atom is 0.240 e. The topological polar surface area (TPSA) is 75.7 Å². The van der Waals surface area contributed by atoms with Crippen molar-refractivity contribution in [2.45, 2.75) is 43.6 Å². The Morgan fingerprint density at radius 3 is 2.87 bits per heavy atom. The highest BCUT2D eigenvalue weighted by atomic mass is 32.2. The molecule has 6 nitrogen and oxygen atoms in total. The molecule has 0 aliphatic carbocycles. The number of carbonyl (C=O) groups is 1. The lowest BCUT2D eigenvalue weighted by atomic mass is 10.0. The Morgan fingerprint density at radius 2 is 2.17 bits per heavy atom. The van der Waals surface area contributed by atoms with Crippen LogP contribution in [0.1, 0.15) is 31.7 Å². The largest absolute Gasteiger partial charge is 0.377 e. The van der Waals surface area contributed by atoms with Gasteiger partial charge in [0.05, 0.1) is 11.0 Å². The zero-order valence-corrected chi connectivity index (χ0v) is 14.1. The van der Waals surface area contributed by atoms with Crippen LogP contribution in [0.25, 0.3) is 0 Å². The first-order valence-electron chi connectivity index (χ1n) is 8.06. The van der Waals surface area contributed by atoms with Gasteiger partial charge in [0.2, 0.25) is 15.9 Å². The lowest BCUT2D eigenvalue weighted by Gasteiger charge is -2.28. The summed E-state index contributed by atoms with van der Waals surface area (Å²) >= 11 is 0. The number of ether oxygens (including phenoxy) is 1. The first-order chi connectivity index (χ1) is 11.0. The molecular weight excluding hydrogens is 316 g/mol. The maximum atomic E-state index is 12.4. The van der Waals surface area contributed by atoms with Gasteiger partial charge in [-0.25, -0.2) is 13.1 Å². The van der Waals surface area contributed by atoms with Gasteiger partial charge in [-0.05, 0) is 49.9 Å². The van der Waals surface area contributed by atoms with Gasteiger partial charge in [-0.1, -0.05) is 0 Å². The third kappa shape index (κ3) is 3.41.